The van der Waals surface area contributed by atoms with E-state index in [9.17, 15) is 19.4 Å². The fourth-order valence-electron chi connectivity index (χ4n) is 8.92. The molecule has 0 bridgehead atoms. The van der Waals surface area contributed by atoms with E-state index in [0.717, 1.165) is 64.2 Å². The van der Waals surface area contributed by atoms with Gasteiger partial charge in [0.05, 0.1) is 39.9 Å². The van der Waals surface area contributed by atoms with E-state index in [1.54, 1.807) is 0 Å². The molecule has 0 aliphatic carbocycles. The van der Waals surface area contributed by atoms with Crippen LogP contribution < -0.4 is 10.2 Å². The second-order valence-electron chi connectivity index (χ2n) is 21.7. The Morgan fingerprint density at radius 1 is 0.514 bits per heavy atom. The van der Waals surface area contributed by atoms with E-state index in [0.29, 0.717) is 23.9 Å². The molecule has 0 radical (unpaired) electrons. The summed E-state index contributed by atoms with van der Waals surface area (Å²) in [5.74, 6) is -0.162. The van der Waals surface area contributed by atoms with Gasteiger partial charge in [-0.05, 0) is 51.4 Å². The summed E-state index contributed by atoms with van der Waals surface area (Å²) in [4.78, 5) is 25.6. The van der Waals surface area contributed by atoms with Crippen LogP contribution in [0.5, 0.6) is 0 Å². The first-order chi connectivity index (χ1) is 34.0. The van der Waals surface area contributed by atoms with E-state index < -0.39 is 20.0 Å². The third kappa shape index (κ3) is 54.2. The Labute approximate surface area is 435 Å². The molecule has 0 aromatic heterocycles. The zero-order chi connectivity index (χ0) is 51.3. The van der Waals surface area contributed by atoms with Crippen molar-refractivity contribution < 1.29 is 32.9 Å². The summed E-state index contributed by atoms with van der Waals surface area (Å²) < 4.78 is 23.4. The molecule has 9 heteroatoms. The first-order valence-electron chi connectivity index (χ1n) is 30.0. The standard InChI is InChI=1S/C61H117N2O6P/c1-6-8-10-12-14-16-18-20-22-24-26-27-28-29-30-31-32-33-34-35-37-39-41-43-45-47-49-51-53-55-61(65)62-59(58-69-70(66,67)68-57-56-63(3,4)5)60(64)54-52-50-48-46-44-42-40-38-36-25-23-21-19-17-15-13-11-9-7-2/h8,10,14,16,20,22,26-27,59-60,64H,6-7,9,11-13,15,17-19,21,23-25,28-58H2,1-5H3,(H-,62,65,66,67)/b10-8-,16-14-,22-20-,27-26-. The summed E-state index contributed by atoms with van der Waals surface area (Å²) >= 11 is 0. The molecular formula is C61H117N2O6P. The maximum Gasteiger partial charge on any atom is 0.268 e. The van der Waals surface area contributed by atoms with Crippen LogP contribution >= 0.6 is 7.82 Å². The molecule has 0 aliphatic rings. The van der Waals surface area contributed by atoms with Crippen molar-refractivity contribution in [3.8, 4) is 0 Å². The number of quaternary nitrogens is 1. The molecule has 0 saturated carbocycles. The zero-order valence-electron chi connectivity index (χ0n) is 47.0. The van der Waals surface area contributed by atoms with Crippen LogP contribution in [0.25, 0.3) is 0 Å². The molecule has 412 valence electrons. The van der Waals surface area contributed by atoms with Gasteiger partial charge in [-0.15, -0.1) is 0 Å². The van der Waals surface area contributed by atoms with E-state index in [2.05, 4.69) is 67.8 Å². The van der Waals surface area contributed by atoms with Crippen LogP contribution in [0, 0.1) is 0 Å². The molecule has 0 fully saturated rings. The number of amides is 1. The summed E-state index contributed by atoms with van der Waals surface area (Å²) in [5, 5.41) is 14.0. The van der Waals surface area contributed by atoms with Crippen LogP contribution in [-0.4, -0.2) is 68.5 Å². The zero-order valence-corrected chi connectivity index (χ0v) is 47.9. The minimum Gasteiger partial charge on any atom is -0.756 e. The Balaban J connectivity index is 4.09. The largest absolute Gasteiger partial charge is 0.756 e. The Morgan fingerprint density at radius 2 is 0.871 bits per heavy atom. The van der Waals surface area contributed by atoms with Crippen molar-refractivity contribution in [3.05, 3.63) is 48.6 Å². The highest BCUT2D eigenvalue weighted by Gasteiger charge is 2.24. The van der Waals surface area contributed by atoms with Crippen LogP contribution in [0.4, 0.5) is 0 Å². The molecule has 8 nitrogen and oxygen atoms in total. The Morgan fingerprint density at radius 3 is 1.27 bits per heavy atom. The Bertz CT molecular complexity index is 1280. The lowest BCUT2D eigenvalue weighted by molar-refractivity contribution is -0.870. The van der Waals surface area contributed by atoms with E-state index in [-0.39, 0.29) is 19.1 Å². The van der Waals surface area contributed by atoms with Crippen molar-refractivity contribution in [1.82, 2.24) is 5.32 Å². The lowest BCUT2D eigenvalue weighted by Gasteiger charge is -2.30. The highest BCUT2D eigenvalue weighted by atomic mass is 31.2. The molecule has 0 aromatic carbocycles. The van der Waals surface area contributed by atoms with Crippen molar-refractivity contribution in [2.75, 3.05) is 40.9 Å². The summed E-state index contributed by atoms with van der Waals surface area (Å²) in [6.45, 7) is 4.64. The number of phosphoric ester groups is 1. The third-order valence-corrected chi connectivity index (χ3v) is 14.5. The number of carbonyl (C=O) groups excluding carboxylic acids is 1. The first kappa shape index (κ1) is 68.5. The van der Waals surface area contributed by atoms with E-state index >= 15 is 0 Å². The number of nitrogens with one attached hydrogen (secondary N) is 1. The molecule has 1 amide bonds. The van der Waals surface area contributed by atoms with Crippen LogP contribution in [0.15, 0.2) is 48.6 Å². The molecule has 0 heterocycles. The van der Waals surface area contributed by atoms with E-state index in [4.69, 9.17) is 9.05 Å². The normalized spacial score (nSPS) is 14.2. The van der Waals surface area contributed by atoms with Crippen LogP contribution in [-0.2, 0) is 18.4 Å². The van der Waals surface area contributed by atoms with Gasteiger partial charge in [0.1, 0.15) is 13.2 Å². The van der Waals surface area contributed by atoms with E-state index in [1.165, 1.54) is 193 Å². The van der Waals surface area contributed by atoms with Gasteiger partial charge in [-0.1, -0.05) is 274 Å². The van der Waals surface area contributed by atoms with Gasteiger partial charge in [-0.25, -0.2) is 0 Å². The molecule has 70 heavy (non-hydrogen) atoms. The van der Waals surface area contributed by atoms with Gasteiger partial charge in [0.2, 0.25) is 5.91 Å². The number of hydrogen-bond acceptors (Lipinski definition) is 6. The van der Waals surface area contributed by atoms with Crippen molar-refractivity contribution in [1.29, 1.82) is 0 Å². The molecule has 3 atom stereocenters. The summed E-state index contributed by atoms with van der Waals surface area (Å²) in [7, 11) is 1.31. The number of rotatable bonds is 55. The fourth-order valence-corrected chi connectivity index (χ4v) is 9.64. The minimum atomic E-state index is -4.57. The lowest BCUT2D eigenvalue weighted by Crippen LogP contribution is -2.46. The van der Waals surface area contributed by atoms with Gasteiger partial charge < -0.3 is 28.8 Å². The predicted molar refractivity (Wildman–Crippen MR) is 302 cm³/mol. The van der Waals surface area contributed by atoms with Crippen molar-refractivity contribution in [2.45, 2.75) is 296 Å². The third-order valence-electron chi connectivity index (χ3n) is 13.6. The second kappa shape index (κ2) is 52.3. The van der Waals surface area contributed by atoms with Crippen LogP contribution in [0.2, 0.25) is 0 Å². The number of unbranched alkanes of at least 4 members (excludes halogenated alkanes) is 34. The fraction of sp³-hybridized carbons (Fsp3) is 0.852. The number of aliphatic hydroxyl groups is 1. The molecule has 0 rings (SSSR count). The highest BCUT2D eigenvalue weighted by Crippen LogP contribution is 2.38. The second-order valence-corrected chi connectivity index (χ2v) is 23.1. The van der Waals surface area contributed by atoms with Gasteiger partial charge in [0, 0.05) is 6.42 Å². The topological polar surface area (TPSA) is 108 Å². The number of carbonyl (C=O) groups is 1. The van der Waals surface area contributed by atoms with Gasteiger partial charge >= 0.3 is 0 Å². The number of likely N-dealkylation sites (N-methyl/N-ethyl adjacent to an activating group) is 1. The quantitative estimate of drug-likeness (QED) is 0.0272. The maximum atomic E-state index is 13.0. The average Bonchev–Trinajstić information content (AvgIpc) is 3.32. The molecule has 3 unspecified atom stereocenters. The van der Waals surface area contributed by atoms with Gasteiger partial charge in [0.15, 0.2) is 0 Å². The first-order valence-corrected chi connectivity index (χ1v) is 31.4. The van der Waals surface area contributed by atoms with E-state index in [1.807, 2.05) is 21.1 Å². The molecule has 0 spiro atoms. The summed E-state index contributed by atoms with van der Waals surface area (Å²) in [6, 6.07) is -0.801. The van der Waals surface area contributed by atoms with Crippen molar-refractivity contribution >= 4 is 13.7 Å². The molecular weight excluding hydrogens is 888 g/mol. The van der Waals surface area contributed by atoms with Crippen LogP contribution in [0.3, 0.4) is 0 Å². The van der Waals surface area contributed by atoms with Gasteiger partial charge in [0.25, 0.3) is 7.82 Å². The average molecular weight is 1010 g/mol. The van der Waals surface area contributed by atoms with Crippen molar-refractivity contribution in [3.63, 3.8) is 0 Å². The SMILES string of the molecule is CC/C=C\C/C=C\C/C=C\C/C=C\CCCCCCCCCCCCCCCCCCC(=O)NC(COP(=O)([O-])OCC[N+](C)(C)C)C(O)CCCCCCCCCCCCCCCCCCCCC. The highest BCUT2D eigenvalue weighted by molar-refractivity contribution is 7.45. The predicted octanol–water partition coefficient (Wildman–Crippen LogP) is 17.7. The Kier molecular flexibility index (Phi) is 51.2. The number of nitrogens with zero attached hydrogens (tertiary/aromatic N) is 1. The maximum absolute atomic E-state index is 13.0. The summed E-state index contributed by atoms with van der Waals surface area (Å²) in [6.07, 6.45) is 68.6. The smallest absolute Gasteiger partial charge is 0.268 e. The van der Waals surface area contributed by atoms with Gasteiger partial charge in [-0.3, -0.25) is 9.36 Å². The number of phosphoric acid groups is 1. The number of aliphatic hydroxyl groups excluding tert-OH is 1. The van der Waals surface area contributed by atoms with Crippen molar-refractivity contribution in [2.24, 2.45) is 0 Å². The molecule has 0 saturated heterocycles. The lowest BCUT2D eigenvalue weighted by atomic mass is 10.0. The number of hydrogen-bond donors (Lipinski definition) is 2. The molecule has 0 aliphatic heterocycles. The van der Waals surface area contributed by atoms with Gasteiger partial charge in [-0.2, -0.15) is 0 Å². The monoisotopic (exact) mass is 1000 g/mol. The molecule has 2 N–H and O–H groups in total. The number of allylic oxidation sites excluding steroid dienone is 8. The Hall–Kier alpha value is -1.54. The summed E-state index contributed by atoms with van der Waals surface area (Å²) in [5.41, 5.74) is 0. The molecule has 0 aromatic rings. The minimum absolute atomic E-state index is 0.0127. The van der Waals surface area contributed by atoms with Crippen LogP contribution in [0.1, 0.15) is 284 Å².